The molecule has 7 saturated heterocycles. The summed E-state index contributed by atoms with van der Waals surface area (Å²) in [7, 11) is 5.35. The third kappa shape index (κ3) is 18.6. The second kappa shape index (κ2) is 36.9. The van der Waals surface area contributed by atoms with E-state index in [-0.39, 0.29) is 0 Å². The number of aliphatic hydroxyl groups is 17. The first kappa shape index (κ1) is 85.8. The number of rotatable bonds is 28. The largest absolute Gasteiger partial charge is 0.547 e. The Balaban J connectivity index is 0.000000321. The highest BCUT2D eigenvalue weighted by molar-refractivity contribution is 5.81. The van der Waals surface area contributed by atoms with E-state index in [9.17, 15) is 156 Å². The third-order valence-electron chi connectivity index (χ3n) is 20.1. The molecule has 0 aliphatic carbocycles. The highest BCUT2D eigenvalue weighted by Crippen LogP contribution is 2.43. The van der Waals surface area contributed by atoms with Gasteiger partial charge in [0.15, 0.2) is 18.7 Å². The molecule has 43 nitrogen and oxygen atoms in total. The van der Waals surface area contributed by atoms with Gasteiger partial charge in [-0.3, -0.25) is 4.79 Å². The molecule has 7 aliphatic heterocycles. The Bertz CT molecular complexity index is 2790. The zero-order chi connectivity index (χ0) is 76.7. The van der Waals surface area contributed by atoms with Crippen molar-refractivity contribution in [1.82, 2.24) is 5.32 Å². The van der Waals surface area contributed by atoms with Crippen molar-refractivity contribution in [2.24, 2.45) is 35.5 Å². The van der Waals surface area contributed by atoms with Gasteiger partial charge in [0.05, 0.1) is 103 Å². The zero-order valence-corrected chi connectivity index (χ0v) is 54.9. The van der Waals surface area contributed by atoms with Gasteiger partial charge >= 0.3 is 5.97 Å². The second-order valence-corrected chi connectivity index (χ2v) is 26.1. The Morgan fingerprint density at radius 1 is 0.392 bits per heavy atom. The van der Waals surface area contributed by atoms with Crippen LogP contribution in [0.3, 0.4) is 0 Å². The molecule has 0 spiro atoms. The first-order valence-electron chi connectivity index (χ1n) is 32.0. The van der Waals surface area contributed by atoms with Crippen LogP contribution in [0.2, 0.25) is 0 Å². The van der Waals surface area contributed by atoms with Crippen molar-refractivity contribution in [2.45, 2.75) is 247 Å². The van der Waals surface area contributed by atoms with Gasteiger partial charge in [0.2, 0.25) is 5.91 Å². The van der Waals surface area contributed by atoms with E-state index in [1.165, 1.54) is 7.05 Å². The number of aliphatic carboxylic acids is 6. The summed E-state index contributed by atoms with van der Waals surface area (Å²) in [5, 5.41) is 254. The van der Waals surface area contributed by atoms with Gasteiger partial charge in [-0.25, -0.2) is 4.79 Å². The molecule has 1 amide bonds. The summed E-state index contributed by atoms with van der Waals surface area (Å²) in [6.07, 6.45) is -65.0. The average molecular weight is 1480 g/mol. The third-order valence-corrected chi connectivity index (χ3v) is 20.1. The number of amides is 1. The van der Waals surface area contributed by atoms with Crippen LogP contribution < -0.4 is 30.8 Å². The molecule has 0 saturated carbocycles. The van der Waals surface area contributed by atoms with Crippen LogP contribution in [0.15, 0.2) is 0 Å². The molecule has 586 valence electrons. The molecule has 0 aromatic heterocycles. The number of aliphatic hydroxyl groups excluding tert-OH is 17. The Morgan fingerprint density at radius 2 is 0.686 bits per heavy atom. The van der Waals surface area contributed by atoms with Gasteiger partial charge in [-0.1, -0.05) is 0 Å². The number of nitrogens with one attached hydrogen (secondary N) is 1. The van der Waals surface area contributed by atoms with Crippen molar-refractivity contribution in [1.29, 1.82) is 0 Å². The van der Waals surface area contributed by atoms with Crippen LogP contribution in [0.4, 0.5) is 0 Å². The number of hydrogen-bond donors (Lipinski definition) is 19. The Kier molecular flexibility index (Phi) is 31.0. The monoisotopic (exact) mass is 1480 g/mol. The van der Waals surface area contributed by atoms with E-state index < -0.39 is 324 Å². The number of carbonyl (C=O) groups excluding carboxylic acids is 7. The van der Waals surface area contributed by atoms with Crippen molar-refractivity contribution in [2.75, 3.05) is 35.5 Å². The topological polar surface area (TPSA) is 730 Å². The van der Waals surface area contributed by atoms with Gasteiger partial charge in [-0.15, -0.1) is 0 Å². The summed E-state index contributed by atoms with van der Waals surface area (Å²) in [6.45, 7) is 0. The van der Waals surface area contributed by atoms with Crippen LogP contribution in [0.25, 0.3) is 0 Å². The maximum atomic E-state index is 13.0. The number of aldehydes is 1. The maximum absolute atomic E-state index is 13.0. The zero-order valence-electron chi connectivity index (χ0n) is 54.9. The van der Waals surface area contributed by atoms with Gasteiger partial charge in [0, 0.05) is 71.5 Å². The summed E-state index contributed by atoms with van der Waals surface area (Å²) in [6, 6.07) is 0. The van der Waals surface area contributed by atoms with Crippen LogP contribution >= 0.6 is 0 Å². The SMILES string of the molecule is CNC(=O)C1OC(CC2C(C(=O)[O-])OC(OC)C(O)C2O)C(O)C(O)C1CC1OC(C(=O)[O-])C(CC2OC(C(=O)[O-])C(OC)C(O)C2O)C(O)C1O.COC(O)C(O)C(O)C(CC=O)CC1OC(C(=O)O)C(CC2OC(C(=O)[O-])C(CC3OC(C(=O)[O-])C(OC)C(O)C3O)C(O)C2O)C(O)C1O. The number of likely N-dealkylation sites (N-methyl/N-ethyl adjacent to an activating group) is 1. The highest BCUT2D eigenvalue weighted by Gasteiger charge is 2.58. The fraction of sp³-hybridized carbons (Fsp3) is 0.864. The molecule has 7 fully saturated rings. The molecule has 7 rings (SSSR count). The quantitative estimate of drug-likeness (QED) is 0.0255. The molecule has 7 aliphatic rings. The van der Waals surface area contributed by atoms with E-state index in [1.54, 1.807) is 0 Å². The predicted octanol–water partition coefficient (Wildman–Crippen LogP) is -19.1. The average Bonchev–Trinajstić information content (AvgIpc) is 0.766. The number of methoxy groups -OCH3 is 4. The second-order valence-electron chi connectivity index (χ2n) is 26.1. The minimum Gasteiger partial charge on any atom is -0.547 e. The van der Waals surface area contributed by atoms with Gasteiger partial charge in [-0.2, -0.15) is 0 Å². The number of hydrogen-bond acceptors (Lipinski definition) is 41. The van der Waals surface area contributed by atoms with E-state index in [0.29, 0.717) is 6.29 Å². The molecule has 43 heteroatoms. The Morgan fingerprint density at radius 3 is 1.00 bits per heavy atom. The molecule has 7 heterocycles. The molecule has 39 atom stereocenters. The smallest absolute Gasteiger partial charge is 0.333 e. The number of ether oxygens (including phenoxy) is 11. The van der Waals surface area contributed by atoms with E-state index in [2.05, 4.69) is 10.1 Å². The fourth-order valence-electron chi connectivity index (χ4n) is 14.5. The van der Waals surface area contributed by atoms with Gasteiger partial charge in [0.1, 0.15) is 116 Å². The molecule has 0 radical (unpaired) electrons. The lowest BCUT2D eigenvalue weighted by molar-refractivity contribution is -0.345. The predicted molar refractivity (Wildman–Crippen MR) is 304 cm³/mol. The lowest BCUT2D eigenvalue weighted by Crippen LogP contribution is -2.66. The van der Waals surface area contributed by atoms with Crippen LogP contribution in [0, 0.1) is 35.5 Å². The van der Waals surface area contributed by atoms with Crippen molar-refractivity contribution in [3.05, 3.63) is 0 Å². The van der Waals surface area contributed by atoms with Crippen LogP contribution in [-0.2, 0) is 90.5 Å². The van der Waals surface area contributed by atoms with Crippen molar-refractivity contribution in [3.63, 3.8) is 0 Å². The molecule has 39 unspecified atom stereocenters. The standard InChI is InChI=1S/C30H47NO21.C29H46O21/c1-31-26(40)21-7(13(32)16(35)10(49-21)6-9-15(34)20(39)30(48-3)52-23(9)28(43)44)4-11-17(36)14(33)8(22(50-11)27(41)42)5-12-18(37)19(38)24(47-2)25(51-12)29(45)46;1-46-24-20(37)19(36)13(50-25(24)28(43)44)7-10-16(33)18(35)12(49-23(10)27(41)42)6-9-15(32)17(34)11(48-22(9)26(39)40)5-8(3-4-30)14(31)21(38)29(45)47-2/h7-25,30,32-39H,4-6H2,1-3H3,(H,31,40)(H,41,42)(H,43,44)(H,45,46);4,8-25,29,31-38,45H,3,5-7H2,1-2H3,(H,39,40)(H,41,42)(H,43,44)/p-5. The van der Waals surface area contributed by atoms with E-state index in [0.717, 1.165) is 28.4 Å². The van der Waals surface area contributed by atoms with E-state index in [4.69, 9.17) is 47.4 Å². The minimum absolute atomic E-state index is 0.346. The molecule has 102 heavy (non-hydrogen) atoms. The van der Waals surface area contributed by atoms with Crippen LogP contribution in [0.1, 0.15) is 44.9 Å². The van der Waals surface area contributed by atoms with Gasteiger partial charge in [0.25, 0.3) is 0 Å². The molecular weight excluding hydrogens is 1390 g/mol. The van der Waals surface area contributed by atoms with Gasteiger partial charge < -0.3 is 204 Å². The minimum atomic E-state index is -2.12. The first-order chi connectivity index (χ1) is 47.8. The summed E-state index contributed by atoms with van der Waals surface area (Å²) < 4.78 is 57.4. The van der Waals surface area contributed by atoms with E-state index >= 15 is 0 Å². The van der Waals surface area contributed by atoms with Crippen LogP contribution in [-0.4, -0.2) is 377 Å². The summed E-state index contributed by atoms with van der Waals surface area (Å²) >= 11 is 0. The maximum Gasteiger partial charge on any atom is 0.333 e. The Hall–Kier alpha value is -5.16. The highest BCUT2D eigenvalue weighted by atomic mass is 16.7. The normalized spacial score (nSPS) is 44.4. The van der Waals surface area contributed by atoms with Gasteiger partial charge in [-0.05, 0) is 44.4 Å². The summed E-state index contributed by atoms with van der Waals surface area (Å²) in [5.74, 6) is -21.2. The van der Waals surface area contributed by atoms with Crippen molar-refractivity contribution in [3.8, 4) is 0 Å². The molecule has 0 aromatic carbocycles. The number of carbonyl (C=O) groups is 8. The molecular formula is C59H88NO42-5. The molecule has 19 N–H and O–H groups in total. The molecule has 0 bridgehead atoms. The first-order valence-corrected chi connectivity index (χ1v) is 32.0. The Labute approximate surface area is 577 Å². The van der Waals surface area contributed by atoms with E-state index in [1.807, 2.05) is 0 Å². The summed E-state index contributed by atoms with van der Waals surface area (Å²) in [4.78, 5) is 96.1. The van der Waals surface area contributed by atoms with Crippen molar-refractivity contribution >= 4 is 48.0 Å². The number of carboxylic acid groups (broad SMARTS) is 6. The lowest BCUT2D eigenvalue weighted by Gasteiger charge is -2.50. The molecule has 0 aromatic rings. The lowest BCUT2D eigenvalue weighted by atomic mass is 9.75. The van der Waals surface area contributed by atoms with Crippen LogP contribution in [0.5, 0.6) is 0 Å². The van der Waals surface area contributed by atoms with Crippen molar-refractivity contribution < 1.29 is 208 Å². The summed E-state index contributed by atoms with van der Waals surface area (Å²) in [5.41, 5.74) is 0. The number of carboxylic acids is 6. The fourth-order valence-corrected chi connectivity index (χ4v) is 14.5.